The van der Waals surface area contributed by atoms with Gasteiger partial charge >= 0.3 is 0 Å². The summed E-state index contributed by atoms with van der Waals surface area (Å²) in [7, 11) is 1.76. The predicted molar refractivity (Wildman–Crippen MR) is 65.3 cm³/mol. The first-order chi connectivity index (χ1) is 7.20. The molecular weight excluding hydrogens is 276 g/mol. The Balaban J connectivity index is 2.04. The highest BCUT2D eigenvalue weighted by Gasteiger charge is 2.23. The van der Waals surface area contributed by atoms with Gasteiger partial charge in [0.2, 0.25) is 0 Å². The molecule has 0 aliphatic carbocycles. The molecule has 0 saturated heterocycles. The average Bonchev–Trinajstić information content (AvgIpc) is 2.57. The Bertz CT molecular complexity index is 342. The van der Waals surface area contributed by atoms with E-state index in [4.69, 9.17) is 4.74 Å². The van der Waals surface area contributed by atoms with Crippen LogP contribution in [0.5, 0.6) is 0 Å². The lowest BCUT2D eigenvalue weighted by Gasteiger charge is -2.31. The largest absolute Gasteiger partial charge is 0.383 e. The Hall–Kier alpha value is 0.0300. The number of hydrogen-bond acceptors (Lipinski definition) is 4. The van der Waals surface area contributed by atoms with Gasteiger partial charge in [-0.05, 0) is 22.9 Å². The number of nitrogens with zero attached hydrogens (tertiary/aromatic N) is 2. The number of rotatable bonds is 3. The maximum Gasteiger partial charge on any atom is 0.159 e. The van der Waals surface area contributed by atoms with E-state index in [1.54, 1.807) is 18.4 Å². The molecule has 2 heterocycles. The molecule has 0 bridgehead atoms. The third kappa shape index (κ3) is 2.58. The van der Waals surface area contributed by atoms with Crippen LogP contribution in [0, 0.1) is 0 Å². The SMILES string of the molecule is COCC(C)N1CCc2nc(Br)sc2C1. The standard InChI is InChI=1S/C10H15BrN2OS/c1-7(6-14-2)13-4-3-8-9(5-13)15-10(11)12-8/h7H,3-6H2,1-2H3. The van der Waals surface area contributed by atoms with E-state index in [0.717, 1.165) is 30.0 Å². The molecule has 1 unspecified atom stereocenters. The molecule has 3 nitrogen and oxygen atoms in total. The van der Waals surface area contributed by atoms with E-state index >= 15 is 0 Å². The number of fused-ring (bicyclic) bond motifs is 1. The van der Waals surface area contributed by atoms with E-state index < -0.39 is 0 Å². The summed E-state index contributed by atoms with van der Waals surface area (Å²) >= 11 is 5.20. The number of hydrogen-bond donors (Lipinski definition) is 0. The Labute approximate surface area is 103 Å². The molecule has 5 heteroatoms. The van der Waals surface area contributed by atoms with Crippen molar-refractivity contribution < 1.29 is 4.74 Å². The molecule has 0 aromatic carbocycles. The predicted octanol–water partition coefficient (Wildman–Crippen LogP) is 2.30. The van der Waals surface area contributed by atoms with Crippen LogP contribution >= 0.6 is 27.3 Å². The Morgan fingerprint density at radius 3 is 3.20 bits per heavy atom. The van der Waals surface area contributed by atoms with Gasteiger partial charge in [0, 0.05) is 37.5 Å². The van der Waals surface area contributed by atoms with Gasteiger partial charge in [0.15, 0.2) is 3.92 Å². The minimum absolute atomic E-state index is 0.490. The van der Waals surface area contributed by atoms with Crippen LogP contribution in [-0.4, -0.2) is 36.2 Å². The van der Waals surface area contributed by atoms with Gasteiger partial charge in [-0.1, -0.05) is 0 Å². The van der Waals surface area contributed by atoms with Gasteiger partial charge in [0.05, 0.1) is 12.3 Å². The van der Waals surface area contributed by atoms with Gasteiger partial charge in [-0.2, -0.15) is 0 Å². The van der Waals surface area contributed by atoms with Crippen LogP contribution < -0.4 is 0 Å². The van der Waals surface area contributed by atoms with Crippen LogP contribution in [-0.2, 0) is 17.7 Å². The van der Waals surface area contributed by atoms with Gasteiger partial charge in [-0.25, -0.2) is 4.98 Å². The molecule has 1 atom stereocenters. The first-order valence-electron chi connectivity index (χ1n) is 5.07. The number of thiazole rings is 1. The summed E-state index contributed by atoms with van der Waals surface area (Å²) in [6, 6.07) is 0.490. The molecule has 84 valence electrons. The summed E-state index contributed by atoms with van der Waals surface area (Å²) in [6.45, 7) is 5.12. The van der Waals surface area contributed by atoms with E-state index in [1.807, 2.05) is 0 Å². The molecule has 1 aromatic heterocycles. The second-order valence-electron chi connectivity index (χ2n) is 3.86. The topological polar surface area (TPSA) is 25.4 Å². The van der Waals surface area contributed by atoms with Crippen molar-refractivity contribution in [2.45, 2.75) is 25.9 Å². The molecule has 0 fully saturated rings. The van der Waals surface area contributed by atoms with Gasteiger partial charge in [-0.3, -0.25) is 4.90 Å². The fraction of sp³-hybridized carbons (Fsp3) is 0.700. The molecule has 0 spiro atoms. The lowest BCUT2D eigenvalue weighted by atomic mass is 10.1. The summed E-state index contributed by atoms with van der Waals surface area (Å²) in [6.07, 6.45) is 1.06. The van der Waals surface area contributed by atoms with E-state index in [-0.39, 0.29) is 0 Å². The first kappa shape index (κ1) is 11.5. The van der Waals surface area contributed by atoms with Crippen molar-refractivity contribution >= 4 is 27.3 Å². The average molecular weight is 291 g/mol. The van der Waals surface area contributed by atoms with Gasteiger partial charge in [-0.15, -0.1) is 11.3 Å². The Morgan fingerprint density at radius 1 is 1.67 bits per heavy atom. The van der Waals surface area contributed by atoms with Crippen LogP contribution in [0.2, 0.25) is 0 Å². The zero-order valence-corrected chi connectivity index (χ0v) is 11.4. The lowest BCUT2D eigenvalue weighted by molar-refractivity contribution is 0.0915. The zero-order chi connectivity index (χ0) is 10.8. The van der Waals surface area contributed by atoms with Crippen LogP contribution in [0.15, 0.2) is 3.92 Å². The first-order valence-corrected chi connectivity index (χ1v) is 6.68. The van der Waals surface area contributed by atoms with Gasteiger partial charge in [0.25, 0.3) is 0 Å². The monoisotopic (exact) mass is 290 g/mol. The van der Waals surface area contributed by atoms with E-state index in [0.29, 0.717) is 6.04 Å². The van der Waals surface area contributed by atoms with Crippen molar-refractivity contribution in [3.63, 3.8) is 0 Å². The Morgan fingerprint density at radius 2 is 2.47 bits per heavy atom. The Kier molecular flexibility index (Phi) is 3.77. The zero-order valence-electron chi connectivity index (χ0n) is 8.99. The number of halogens is 1. The van der Waals surface area contributed by atoms with Crippen LogP contribution in [0.1, 0.15) is 17.5 Å². The molecule has 2 rings (SSSR count). The second kappa shape index (κ2) is 4.91. The second-order valence-corrected chi connectivity index (χ2v) is 6.22. The summed E-state index contributed by atoms with van der Waals surface area (Å²) in [5.41, 5.74) is 1.27. The lowest BCUT2D eigenvalue weighted by Crippen LogP contribution is -2.39. The maximum absolute atomic E-state index is 5.19. The molecular formula is C10H15BrN2OS. The van der Waals surface area contributed by atoms with Crippen molar-refractivity contribution in [1.82, 2.24) is 9.88 Å². The number of ether oxygens (including phenoxy) is 1. The third-order valence-electron chi connectivity index (χ3n) is 2.77. The van der Waals surface area contributed by atoms with Crippen LogP contribution in [0.3, 0.4) is 0 Å². The fourth-order valence-corrected chi connectivity index (χ4v) is 3.56. The van der Waals surface area contributed by atoms with Gasteiger partial charge in [0.1, 0.15) is 0 Å². The van der Waals surface area contributed by atoms with Crippen molar-refractivity contribution in [3.8, 4) is 0 Å². The highest BCUT2D eigenvalue weighted by atomic mass is 79.9. The van der Waals surface area contributed by atoms with E-state index in [2.05, 4.69) is 32.7 Å². The number of aromatic nitrogens is 1. The molecule has 15 heavy (non-hydrogen) atoms. The molecule has 1 aliphatic heterocycles. The van der Waals surface area contributed by atoms with Gasteiger partial charge < -0.3 is 4.74 Å². The molecule has 1 aliphatic rings. The van der Waals surface area contributed by atoms with Crippen molar-refractivity contribution in [2.75, 3.05) is 20.3 Å². The fourth-order valence-electron chi connectivity index (χ4n) is 1.91. The summed E-state index contributed by atoms with van der Waals surface area (Å²) in [4.78, 5) is 8.32. The molecule has 0 amide bonds. The van der Waals surface area contributed by atoms with E-state index in [9.17, 15) is 0 Å². The molecule has 0 saturated carbocycles. The number of methoxy groups -OCH3 is 1. The third-order valence-corrected chi connectivity index (χ3v) is 4.30. The highest BCUT2D eigenvalue weighted by molar-refractivity contribution is 9.11. The highest BCUT2D eigenvalue weighted by Crippen LogP contribution is 2.28. The van der Waals surface area contributed by atoms with Crippen LogP contribution in [0.25, 0.3) is 0 Å². The van der Waals surface area contributed by atoms with Crippen LogP contribution in [0.4, 0.5) is 0 Å². The van der Waals surface area contributed by atoms with Crippen molar-refractivity contribution in [1.29, 1.82) is 0 Å². The van der Waals surface area contributed by atoms with Crippen molar-refractivity contribution in [2.24, 2.45) is 0 Å². The summed E-state index contributed by atoms with van der Waals surface area (Å²) in [5, 5.41) is 0. The van der Waals surface area contributed by atoms with E-state index in [1.165, 1.54) is 10.6 Å². The quantitative estimate of drug-likeness (QED) is 0.854. The normalized spacial score (nSPS) is 18.9. The van der Waals surface area contributed by atoms with Crippen molar-refractivity contribution in [3.05, 3.63) is 14.5 Å². The summed E-state index contributed by atoms with van der Waals surface area (Å²) < 4.78 is 6.19. The minimum atomic E-state index is 0.490. The molecule has 1 aromatic rings. The molecule has 0 radical (unpaired) electrons. The smallest absolute Gasteiger partial charge is 0.159 e. The maximum atomic E-state index is 5.19. The minimum Gasteiger partial charge on any atom is -0.383 e. The summed E-state index contributed by atoms with van der Waals surface area (Å²) in [5.74, 6) is 0. The molecule has 0 N–H and O–H groups in total.